The van der Waals surface area contributed by atoms with Gasteiger partial charge in [-0.3, -0.25) is 13.9 Å². The third-order valence-electron chi connectivity index (χ3n) is 3.99. The van der Waals surface area contributed by atoms with Crippen LogP contribution in [0.15, 0.2) is 40.2 Å². The molecule has 3 aromatic rings. The van der Waals surface area contributed by atoms with Gasteiger partial charge in [0.05, 0.1) is 19.0 Å². The Morgan fingerprint density at radius 3 is 2.76 bits per heavy atom. The first-order chi connectivity index (χ1) is 11.9. The number of rotatable bonds is 5. The van der Waals surface area contributed by atoms with E-state index in [2.05, 4.69) is 10.3 Å². The fraction of sp³-hybridized carbons (Fsp3) is 0.312. The van der Waals surface area contributed by atoms with E-state index in [9.17, 15) is 14.7 Å². The molecule has 0 unspecified atom stereocenters. The Balaban J connectivity index is 1.81. The van der Waals surface area contributed by atoms with Crippen LogP contribution in [0.5, 0.6) is 0 Å². The van der Waals surface area contributed by atoms with E-state index in [1.807, 2.05) is 12.1 Å². The summed E-state index contributed by atoms with van der Waals surface area (Å²) in [5.41, 5.74) is 0.492. The highest BCUT2D eigenvalue weighted by Crippen LogP contribution is 2.15. The van der Waals surface area contributed by atoms with E-state index in [1.54, 1.807) is 23.7 Å². The van der Waals surface area contributed by atoms with Crippen molar-refractivity contribution in [1.29, 1.82) is 0 Å². The van der Waals surface area contributed by atoms with Crippen LogP contribution in [-0.4, -0.2) is 36.4 Å². The molecule has 9 heteroatoms. The minimum absolute atomic E-state index is 0.164. The summed E-state index contributed by atoms with van der Waals surface area (Å²) >= 11 is 5.92. The van der Waals surface area contributed by atoms with E-state index < -0.39 is 17.4 Å². The molecular formula is C16H18ClN5O3. The lowest BCUT2D eigenvalue weighted by molar-refractivity contribution is 0.168. The van der Waals surface area contributed by atoms with Crippen molar-refractivity contribution in [2.24, 2.45) is 14.1 Å². The highest BCUT2D eigenvalue weighted by molar-refractivity contribution is 6.30. The predicted octanol–water partition coefficient (Wildman–Crippen LogP) is 0.560. The highest BCUT2D eigenvalue weighted by atomic mass is 35.5. The maximum Gasteiger partial charge on any atom is 0.332 e. The first kappa shape index (κ1) is 17.2. The molecule has 0 aliphatic rings. The van der Waals surface area contributed by atoms with Gasteiger partial charge in [0, 0.05) is 31.4 Å². The lowest BCUT2D eigenvalue weighted by Crippen LogP contribution is -2.38. The highest BCUT2D eigenvalue weighted by Gasteiger charge is 2.16. The number of aliphatic hydroxyl groups excluding tert-OH is 1. The Kier molecular flexibility index (Phi) is 4.65. The molecule has 0 spiro atoms. The van der Waals surface area contributed by atoms with E-state index >= 15 is 0 Å². The third kappa shape index (κ3) is 3.31. The lowest BCUT2D eigenvalue weighted by atomic mass is 10.3. The zero-order valence-electron chi connectivity index (χ0n) is 13.8. The Morgan fingerprint density at radius 1 is 1.28 bits per heavy atom. The number of nitrogens with one attached hydrogen (secondary N) is 1. The van der Waals surface area contributed by atoms with Crippen molar-refractivity contribution in [1.82, 2.24) is 18.7 Å². The fourth-order valence-corrected chi connectivity index (χ4v) is 2.85. The van der Waals surface area contributed by atoms with Crippen LogP contribution in [0.1, 0.15) is 0 Å². The molecule has 0 bridgehead atoms. The molecule has 2 aromatic heterocycles. The summed E-state index contributed by atoms with van der Waals surface area (Å²) < 4.78 is 3.89. The molecule has 132 valence electrons. The van der Waals surface area contributed by atoms with Crippen LogP contribution in [0.25, 0.3) is 11.2 Å². The molecule has 0 saturated carbocycles. The van der Waals surface area contributed by atoms with Crippen molar-refractivity contribution in [2.75, 3.05) is 11.9 Å². The Bertz CT molecular complexity index is 1040. The van der Waals surface area contributed by atoms with E-state index in [-0.39, 0.29) is 18.6 Å². The first-order valence-corrected chi connectivity index (χ1v) is 8.04. The molecule has 1 aromatic carbocycles. The summed E-state index contributed by atoms with van der Waals surface area (Å²) in [4.78, 5) is 28.4. The summed E-state index contributed by atoms with van der Waals surface area (Å²) in [6.07, 6.45) is 0.687. The summed E-state index contributed by atoms with van der Waals surface area (Å²) in [7, 11) is 2.97. The quantitative estimate of drug-likeness (QED) is 0.690. The monoisotopic (exact) mass is 363 g/mol. The SMILES string of the molecule is Cn1c(=O)c2c(ncn2C[C@H](O)CNc2cccc(Cl)c2)n(C)c1=O. The van der Waals surface area contributed by atoms with Crippen molar-refractivity contribution >= 4 is 28.5 Å². The Labute approximate surface area is 147 Å². The second-order valence-electron chi connectivity index (χ2n) is 5.82. The number of halogens is 1. The van der Waals surface area contributed by atoms with Crippen LogP contribution in [0.3, 0.4) is 0 Å². The number of fused-ring (bicyclic) bond motifs is 1. The summed E-state index contributed by atoms with van der Waals surface area (Å²) in [6.45, 7) is 0.434. The number of hydrogen-bond donors (Lipinski definition) is 2. The maximum atomic E-state index is 12.4. The van der Waals surface area contributed by atoms with Crippen LogP contribution < -0.4 is 16.6 Å². The van der Waals surface area contributed by atoms with Crippen molar-refractivity contribution in [3.8, 4) is 0 Å². The summed E-state index contributed by atoms with van der Waals surface area (Å²) in [5.74, 6) is 0. The van der Waals surface area contributed by atoms with Gasteiger partial charge in [0.1, 0.15) is 0 Å². The van der Waals surface area contributed by atoms with Crippen LogP contribution >= 0.6 is 11.6 Å². The van der Waals surface area contributed by atoms with Gasteiger partial charge in [-0.15, -0.1) is 0 Å². The van der Waals surface area contributed by atoms with E-state index in [0.29, 0.717) is 10.7 Å². The molecule has 25 heavy (non-hydrogen) atoms. The number of aliphatic hydroxyl groups is 1. The van der Waals surface area contributed by atoms with Crippen LogP contribution in [0, 0.1) is 0 Å². The molecular weight excluding hydrogens is 346 g/mol. The molecule has 8 nitrogen and oxygen atoms in total. The topological polar surface area (TPSA) is 94.1 Å². The maximum absolute atomic E-state index is 12.4. The molecule has 3 rings (SSSR count). The zero-order valence-corrected chi connectivity index (χ0v) is 14.6. The van der Waals surface area contributed by atoms with Gasteiger partial charge in [-0.25, -0.2) is 9.78 Å². The number of imidazole rings is 1. The van der Waals surface area contributed by atoms with Crippen molar-refractivity contribution in [3.63, 3.8) is 0 Å². The van der Waals surface area contributed by atoms with Gasteiger partial charge >= 0.3 is 5.69 Å². The molecule has 0 amide bonds. The number of nitrogens with zero attached hydrogens (tertiary/aromatic N) is 4. The van der Waals surface area contributed by atoms with E-state index in [4.69, 9.17) is 11.6 Å². The molecule has 0 aliphatic carbocycles. The normalized spacial score (nSPS) is 12.5. The van der Waals surface area contributed by atoms with Crippen molar-refractivity contribution in [2.45, 2.75) is 12.6 Å². The molecule has 2 N–H and O–H groups in total. The van der Waals surface area contributed by atoms with Crippen LogP contribution in [0.2, 0.25) is 5.02 Å². The van der Waals surface area contributed by atoms with Crippen LogP contribution in [0.4, 0.5) is 5.69 Å². The Hall–Kier alpha value is -2.58. The number of anilines is 1. The summed E-state index contributed by atoms with van der Waals surface area (Å²) in [6, 6.07) is 7.18. The average Bonchev–Trinajstić information content (AvgIpc) is 3.00. The lowest BCUT2D eigenvalue weighted by Gasteiger charge is -2.14. The largest absolute Gasteiger partial charge is 0.389 e. The molecule has 0 aliphatic heterocycles. The molecule has 0 saturated heterocycles. The molecule has 2 heterocycles. The number of aryl methyl sites for hydroxylation is 1. The molecule has 0 fully saturated rings. The number of benzene rings is 1. The number of aromatic nitrogens is 4. The molecule has 0 radical (unpaired) electrons. The van der Waals surface area contributed by atoms with Gasteiger partial charge in [0.2, 0.25) is 0 Å². The predicted molar refractivity (Wildman–Crippen MR) is 96.2 cm³/mol. The van der Waals surface area contributed by atoms with Gasteiger partial charge in [0.15, 0.2) is 11.2 Å². The summed E-state index contributed by atoms with van der Waals surface area (Å²) in [5, 5.41) is 14.0. The van der Waals surface area contributed by atoms with E-state index in [1.165, 1.54) is 17.9 Å². The van der Waals surface area contributed by atoms with Gasteiger partial charge in [-0.1, -0.05) is 17.7 Å². The van der Waals surface area contributed by atoms with Crippen LogP contribution in [-0.2, 0) is 20.6 Å². The first-order valence-electron chi connectivity index (χ1n) is 7.67. The van der Waals surface area contributed by atoms with Crippen molar-refractivity contribution < 1.29 is 5.11 Å². The second kappa shape index (κ2) is 6.73. The van der Waals surface area contributed by atoms with Gasteiger partial charge in [-0.2, -0.15) is 0 Å². The van der Waals surface area contributed by atoms with Gasteiger partial charge < -0.3 is 15.0 Å². The number of hydrogen-bond acceptors (Lipinski definition) is 5. The molecule has 1 atom stereocenters. The zero-order chi connectivity index (χ0) is 18.1. The second-order valence-corrected chi connectivity index (χ2v) is 6.26. The smallest absolute Gasteiger partial charge is 0.332 e. The van der Waals surface area contributed by atoms with Crippen molar-refractivity contribution in [3.05, 3.63) is 56.5 Å². The van der Waals surface area contributed by atoms with Gasteiger partial charge in [-0.05, 0) is 18.2 Å². The Morgan fingerprint density at radius 2 is 2.04 bits per heavy atom. The third-order valence-corrected chi connectivity index (χ3v) is 4.23. The minimum Gasteiger partial charge on any atom is -0.389 e. The fourth-order valence-electron chi connectivity index (χ4n) is 2.66. The minimum atomic E-state index is -0.765. The van der Waals surface area contributed by atoms with Gasteiger partial charge in [0.25, 0.3) is 5.56 Å². The van der Waals surface area contributed by atoms with E-state index in [0.717, 1.165) is 10.3 Å². The standard InChI is InChI=1S/C16H18ClN5O3/c1-20-14-13(15(24)21(2)16(20)25)22(9-19-14)8-12(23)7-18-11-5-3-4-10(17)6-11/h3-6,9,12,18,23H,7-8H2,1-2H3/t12-/m1/s1. The average molecular weight is 364 g/mol.